The van der Waals surface area contributed by atoms with Gasteiger partial charge >= 0.3 is 0 Å². The Labute approximate surface area is 145 Å². The smallest absolute Gasteiger partial charge is 0.248 e. The number of hydrogen-bond acceptors (Lipinski definition) is 5. The second-order valence-corrected chi connectivity index (χ2v) is 6.67. The standard InChI is InChI=1S/C17H23N3O5/c21-14-8-20(17(24)12-2-1-3-12)7-13(14)19-16(23)10-25-9-11-4-5-18-15(22)6-11/h4-6,12-14,21H,1-3,7-10H2,(H,18,22)(H,19,23)/t13-,14-/m1/s1. The quantitative estimate of drug-likeness (QED) is 0.634. The van der Waals surface area contributed by atoms with Gasteiger partial charge in [-0.25, -0.2) is 0 Å². The van der Waals surface area contributed by atoms with Crippen molar-refractivity contribution in [2.45, 2.75) is 38.0 Å². The fraction of sp³-hybridized carbons (Fsp3) is 0.588. The number of rotatable bonds is 6. The van der Waals surface area contributed by atoms with Gasteiger partial charge in [-0.1, -0.05) is 6.42 Å². The number of ether oxygens (including phenoxy) is 1. The van der Waals surface area contributed by atoms with E-state index < -0.39 is 12.1 Å². The van der Waals surface area contributed by atoms with Crippen molar-refractivity contribution >= 4 is 11.8 Å². The number of aromatic amines is 1. The average Bonchev–Trinajstić information content (AvgIpc) is 2.87. The van der Waals surface area contributed by atoms with E-state index in [9.17, 15) is 19.5 Å². The minimum Gasteiger partial charge on any atom is -0.389 e. The molecule has 8 nitrogen and oxygen atoms in total. The molecule has 0 aromatic carbocycles. The van der Waals surface area contributed by atoms with Crippen molar-refractivity contribution in [2.24, 2.45) is 5.92 Å². The summed E-state index contributed by atoms with van der Waals surface area (Å²) in [4.78, 5) is 39.5. The molecule has 3 rings (SSSR count). The van der Waals surface area contributed by atoms with Gasteiger partial charge in [0.25, 0.3) is 0 Å². The van der Waals surface area contributed by atoms with Gasteiger partial charge in [-0.2, -0.15) is 0 Å². The highest BCUT2D eigenvalue weighted by atomic mass is 16.5. The monoisotopic (exact) mass is 349 g/mol. The molecule has 2 atom stereocenters. The van der Waals surface area contributed by atoms with Crippen molar-refractivity contribution in [2.75, 3.05) is 19.7 Å². The third-order valence-corrected chi connectivity index (χ3v) is 4.74. The van der Waals surface area contributed by atoms with Gasteiger partial charge in [0.1, 0.15) is 6.61 Å². The summed E-state index contributed by atoms with van der Waals surface area (Å²) in [5, 5.41) is 12.8. The number of carbonyl (C=O) groups excluding carboxylic acids is 2. The zero-order valence-electron chi connectivity index (χ0n) is 13.9. The number of likely N-dealkylation sites (tertiary alicyclic amines) is 1. The van der Waals surface area contributed by atoms with Crippen LogP contribution in [-0.4, -0.2) is 58.6 Å². The molecule has 0 unspecified atom stereocenters. The second kappa shape index (κ2) is 7.79. The topological polar surface area (TPSA) is 112 Å². The van der Waals surface area contributed by atoms with Gasteiger partial charge in [0.05, 0.1) is 18.8 Å². The summed E-state index contributed by atoms with van der Waals surface area (Å²) in [6.07, 6.45) is 3.67. The first-order valence-corrected chi connectivity index (χ1v) is 8.54. The summed E-state index contributed by atoms with van der Waals surface area (Å²) in [5.74, 6) is -0.196. The molecular formula is C17H23N3O5. The van der Waals surface area contributed by atoms with Crippen molar-refractivity contribution in [1.82, 2.24) is 15.2 Å². The summed E-state index contributed by atoms with van der Waals surface area (Å²) in [5.41, 5.74) is 0.450. The number of carbonyl (C=O) groups is 2. The summed E-state index contributed by atoms with van der Waals surface area (Å²) < 4.78 is 5.29. The fourth-order valence-electron chi connectivity index (χ4n) is 3.11. The van der Waals surface area contributed by atoms with E-state index in [4.69, 9.17) is 4.74 Å². The van der Waals surface area contributed by atoms with E-state index in [1.165, 1.54) is 12.3 Å². The Kier molecular flexibility index (Phi) is 5.50. The summed E-state index contributed by atoms with van der Waals surface area (Å²) in [6.45, 7) is 0.563. The maximum atomic E-state index is 12.2. The van der Waals surface area contributed by atoms with Crippen molar-refractivity contribution < 1.29 is 19.4 Å². The Hall–Kier alpha value is -2.19. The molecule has 1 saturated carbocycles. The minimum atomic E-state index is -0.763. The van der Waals surface area contributed by atoms with Gasteiger partial charge in [-0.3, -0.25) is 14.4 Å². The lowest BCUT2D eigenvalue weighted by Gasteiger charge is -2.29. The zero-order chi connectivity index (χ0) is 17.8. The number of aliphatic hydroxyl groups excluding tert-OH is 1. The maximum Gasteiger partial charge on any atom is 0.248 e. The number of aromatic nitrogens is 1. The van der Waals surface area contributed by atoms with Crippen LogP contribution in [0.15, 0.2) is 23.1 Å². The number of β-amino-alcohol motifs (C(OH)–C–C–N with tert-alkyl or cyclic N) is 1. The first-order chi connectivity index (χ1) is 12.0. The van der Waals surface area contributed by atoms with Gasteiger partial charge in [0, 0.05) is 31.3 Å². The fourth-order valence-corrected chi connectivity index (χ4v) is 3.11. The van der Waals surface area contributed by atoms with Gasteiger partial charge in [-0.05, 0) is 24.5 Å². The van der Waals surface area contributed by atoms with Crippen molar-refractivity contribution in [3.05, 3.63) is 34.2 Å². The molecule has 25 heavy (non-hydrogen) atoms. The third kappa shape index (κ3) is 4.46. The lowest BCUT2D eigenvalue weighted by Crippen LogP contribution is -2.45. The van der Waals surface area contributed by atoms with Crippen molar-refractivity contribution in [3.63, 3.8) is 0 Å². The molecule has 1 saturated heterocycles. The summed E-state index contributed by atoms with van der Waals surface area (Å²) >= 11 is 0. The number of H-pyrrole nitrogens is 1. The van der Waals surface area contributed by atoms with E-state index in [0.717, 1.165) is 19.3 Å². The molecule has 136 valence electrons. The highest BCUT2D eigenvalue weighted by Crippen LogP contribution is 2.29. The normalized spacial score (nSPS) is 23.3. The van der Waals surface area contributed by atoms with Gasteiger partial charge in [0.2, 0.25) is 17.4 Å². The number of nitrogens with zero attached hydrogens (tertiary/aromatic N) is 1. The Morgan fingerprint density at radius 1 is 1.36 bits per heavy atom. The number of amides is 2. The first kappa shape index (κ1) is 17.6. The molecule has 2 aliphatic rings. The van der Waals surface area contributed by atoms with Crippen molar-refractivity contribution in [3.8, 4) is 0 Å². The lowest BCUT2D eigenvalue weighted by atomic mass is 9.84. The Morgan fingerprint density at radius 2 is 2.16 bits per heavy atom. The van der Waals surface area contributed by atoms with Gasteiger partial charge in [0.15, 0.2) is 0 Å². The summed E-state index contributed by atoms with van der Waals surface area (Å²) in [7, 11) is 0. The van der Waals surface area contributed by atoms with Crippen LogP contribution in [-0.2, 0) is 20.9 Å². The molecule has 1 aliphatic heterocycles. The van der Waals surface area contributed by atoms with Crippen LogP contribution in [0.1, 0.15) is 24.8 Å². The van der Waals surface area contributed by atoms with Crippen LogP contribution in [0, 0.1) is 5.92 Å². The Bertz CT molecular complexity index is 685. The third-order valence-electron chi connectivity index (χ3n) is 4.74. The lowest BCUT2D eigenvalue weighted by molar-refractivity contribution is -0.137. The predicted molar refractivity (Wildman–Crippen MR) is 88.6 cm³/mol. The molecule has 0 spiro atoms. The average molecular weight is 349 g/mol. The highest BCUT2D eigenvalue weighted by Gasteiger charge is 2.38. The molecule has 1 aromatic rings. The van der Waals surface area contributed by atoms with Crippen LogP contribution < -0.4 is 10.9 Å². The molecule has 2 fully saturated rings. The van der Waals surface area contributed by atoms with E-state index in [2.05, 4.69) is 10.3 Å². The SMILES string of the molecule is O=C(COCc1cc[nH]c(=O)c1)N[C@@H]1CN(C(=O)C2CCC2)C[C@H]1O. The van der Waals surface area contributed by atoms with Crippen LogP contribution >= 0.6 is 0 Å². The van der Waals surface area contributed by atoms with E-state index in [0.29, 0.717) is 12.1 Å². The minimum absolute atomic E-state index is 0.0765. The van der Waals surface area contributed by atoms with Crippen LogP contribution in [0.5, 0.6) is 0 Å². The number of aliphatic hydroxyl groups is 1. The number of hydrogen-bond donors (Lipinski definition) is 3. The molecule has 2 amide bonds. The molecule has 1 aliphatic carbocycles. The summed E-state index contributed by atoms with van der Waals surface area (Å²) in [6, 6.07) is 2.63. The molecule has 3 N–H and O–H groups in total. The molecule has 2 heterocycles. The molecular weight excluding hydrogens is 326 g/mol. The van der Waals surface area contributed by atoms with E-state index in [-0.39, 0.29) is 43.1 Å². The van der Waals surface area contributed by atoms with Crippen LogP contribution in [0.2, 0.25) is 0 Å². The van der Waals surface area contributed by atoms with Crippen LogP contribution in [0.4, 0.5) is 0 Å². The highest BCUT2D eigenvalue weighted by molar-refractivity contribution is 5.81. The first-order valence-electron chi connectivity index (χ1n) is 8.54. The van der Waals surface area contributed by atoms with Gasteiger partial charge in [-0.15, -0.1) is 0 Å². The van der Waals surface area contributed by atoms with Gasteiger partial charge < -0.3 is 25.0 Å². The maximum absolute atomic E-state index is 12.2. The number of nitrogens with one attached hydrogen (secondary N) is 2. The molecule has 8 heteroatoms. The molecule has 1 aromatic heterocycles. The largest absolute Gasteiger partial charge is 0.389 e. The van der Waals surface area contributed by atoms with Crippen molar-refractivity contribution in [1.29, 1.82) is 0 Å². The van der Waals surface area contributed by atoms with Crippen LogP contribution in [0.25, 0.3) is 0 Å². The van der Waals surface area contributed by atoms with E-state index in [1.807, 2.05) is 0 Å². The van der Waals surface area contributed by atoms with Crippen LogP contribution in [0.3, 0.4) is 0 Å². The second-order valence-electron chi connectivity index (χ2n) is 6.67. The van der Waals surface area contributed by atoms with E-state index in [1.54, 1.807) is 11.0 Å². The Balaban J connectivity index is 1.41. The molecule has 0 radical (unpaired) electrons. The predicted octanol–water partition coefficient (Wildman–Crippen LogP) is -0.620. The number of pyridine rings is 1. The zero-order valence-corrected chi connectivity index (χ0v) is 13.9. The molecule has 0 bridgehead atoms. The Morgan fingerprint density at radius 3 is 2.84 bits per heavy atom. The van der Waals surface area contributed by atoms with E-state index >= 15 is 0 Å².